The summed E-state index contributed by atoms with van der Waals surface area (Å²) in [6.07, 6.45) is 0. The van der Waals surface area contributed by atoms with Gasteiger partial charge in [0.2, 0.25) is 0 Å². The van der Waals surface area contributed by atoms with Crippen LogP contribution in [0, 0.1) is 0 Å². The van der Waals surface area contributed by atoms with Crippen LogP contribution in [0.25, 0.3) is 10.9 Å². The van der Waals surface area contributed by atoms with E-state index in [1.54, 1.807) is 0 Å². The first-order valence-corrected chi connectivity index (χ1v) is 6.59. The van der Waals surface area contributed by atoms with Gasteiger partial charge in [0, 0.05) is 9.86 Å². The second-order valence-electron chi connectivity index (χ2n) is 2.54. The van der Waals surface area contributed by atoms with E-state index in [0.29, 0.717) is 0 Å². The van der Waals surface area contributed by atoms with Crippen LogP contribution in [0.15, 0.2) is 30.2 Å². The number of benzene rings is 1. The first-order chi connectivity index (χ1) is 6.11. The molecule has 5 heteroatoms. The third kappa shape index (κ3) is 1.64. The number of H-pyrrole nitrogens is 1. The molecular weight excluding hydrogens is 430 g/mol. The summed E-state index contributed by atoms with van der Waals surface area (Å²) in [6.45, 7) is 0. The van der Waals surface area contributed by atoms with Crippen molar-refractivity contribution in [1.29, 1.82) is 0 Å². The predicted octanol–water partition coefficient (Wildman–Crippen LogP) is 5.22. The average molecular weight is 433 g/mol. The Hall–Kier alpha value is 0.680. The van der Waals surface area contributed by atoms with Gasteiger partial charge in [-0.3, -0.25) is 0 Å². The summed E-state index contributed by atoms with van der Waals surface area (Å²) >= 11 is 13.9. The lowest BCUT2D eigenvalue weighted by Crippen LogP contribution is -1.72. The van der Waals surface area contributed by atoms with Gasteiger partial charge >= 0.3 is 0 Å². The first-order valence-electron chi connectivity index (χ1n) is 3.42. The summed E-state index contributed by atoms with van der Waals surface area (Å²) < 4.78 is 4.09. The SMILES string of the molecule is Brc1ccc2c(Br)c(Br)[nH]c2c1Br. The fraction of sp³-hybridized carbons (Fsp3) is 0. The number of hydrogen-bond acceptors (Lipinski definition) is 0. The van der Waals surface area contributed by atoms with Crippen molar-refractivity contribution in [2.75, 3.05) is 0 Å². The smallest absolute Gasteiger partial charge is 0.0975 e. The number of aromatic nitrogens is 1. The normalized spacial score (nSPS) is 11.1. The number of halogens is 4. The summed E-state index contributed by atoms with van der Waals surface area (Å²) in [7, 11) is 0. The van der Waals surface area contributed by atoms with Crippen molar-refractivity contribution in [3.05, 3.63) is 30.2 Å². The van der Waals surface area contributed by atoms with Crippen LogP contribution in [0.4, 0.5) is 0 Å². The molecule has 1 heterocycles. The van der Waals surface area contributed by atoms with E-state index in [-0.39, 0.29) is 0 Å². The lowest BCUT2D eigenvalue weighted by Gasteiger charge is -1.96. The average Bonchev–Trinajstić information content (AvgIpc) is 2.38. The highest BCUT2D eigenvalue weighted by Gasteiger charge is 2.10. The van der Waals surface area contributed by atoms with E-state index in [9.17, 15) is 0 Å². The van der Waals surface area contributed by atoms with Gasteiger partial charge < -0.3 is 4.98 Å². The number of nitrogens with one attached hydrogen (secondary N) is 1. The Morgan fingerprint density at radius 2 is 1.62 bits per heavy atom. The topological polar surface area (TPSA) is 15.8 Å². The summed E-state index contributed by atoms with van der Waals surface area (Å²) in [4.78, 5) is 3.23. The van der Waals surface area contributed by atoms with E-state index in [1.165, 1.54) is 0 Å². The van der Waals surface area contributed by atoms with Crippen LogP contribution in [-0.4, -0.2) is 4.98 Å². The number of hydrogen-bond donors (Lipinski definition) is 1. The molecule has 0 aliphatic heterocycles. The Balaban J connectivity index is 2.94. The van der Waals surface area contributed by atoms with Crippen molar-refractivity contribution < 1.29 is 0 Å². The monoisotopic (exact) mass is 429 g/mol. The molecule has 1 aromatic carbocycles. The molecule has 0 saturated carbocycles. The van der Waals surface area contributed by atoms with Crippen LogP contribution in [0.1, 0.15) is 0 Å². The largest absolute Gasteiger partial charge is 0.347 e. The van der Waals surface area contributed by atoms with Gasteiger partial charge in [0.25, 0.3) is 0 Å². The predicted molar refractivity (Wildman–Crippen MR) is 69.1 cm³/mol. The van der Waals surface area contributed by atoms with Crippen LogP contribution in [0.2, 0.25) is 0 Å². The molecule has 0 saturated heterocycles. The van der Waals surface area contributed by atoms with E-state index >= 15 is 0 Å². The van der Waals surface area contributed by atoms with Gasteiger partial charge in [0.15, 0.2) is 0 Å². The number of aromatic amines is 1. The standard InChI is InChI=1S/C8H3Br4N/c9-4-2-1-3-5(10)8(12)13-7(3)6(4)11/h1-2,13H. The molecule has 0 fully saturated rings. The Bertz CT molecular complexity index is 474. The number of rotatable bonds is 0. The third-order valence-electron chi connectivity index (χ3n) is 1.76. The molecule has 13 heavy (non-hydrogen) atoms. The van der Waals surface area contributed by atoms with E-state index in [0.717, 1.165) is 28.9 Å². The summed E-state index contributed by atoms with van der Waals surface area (Å²) in [5, 5.41) is 1.15. The lowest BCUT2D eigenvalue weighted by molar-refractivity contribution is 1.39. The summed E-state index contributed by atoms with van der Waals surface area (Å²) in [6, 6.07) is 4.06. The Morgan fingerprint density at radius 1 is 0.923 bits per heavy atom. The van der Waals surface area contributed by atoms with Gasteiger partial charge in [0.1, 0.15) is 0 Å². The molecule has 0 aliphatic carbocycles. The minimum Gasteiger partial charge on any atom is -0.347 e. The van der Waals surface area contributed by atoms with Gasteiger partial charge in [0.05, 0.1) is 19.1 Å². The molecule has 0 spiro atoms. The quantitative estimate of drug-likeness (QED) is 0.587. The van der Waals surface area contributed by atoms with E-state index in [4.69, 9.17) is 0 Å². The molecule has 0 radical (unpaired) electrons. The Kier molecular flexibility index (Phi) is 2.89. The second kappa shape index (κ2) is 3.68. The Labute approximate surface area is 109 Å². The van der Waals surface area contributed by atoms with Crippen molar-refractivity contribution in [2.24, 2.45) is 0 Å². The molecule has 2 rings (SSSR count). The minimum absolute atomic E-state index is 0.960. The zero-order valence-electron chi connectivity index (χ0n) is 6.17. The highest BCUT2D eigenvalue weighted by atomic mass is 79.9. The van der Waals surface area contributed by atoms with Gasteiger partial charge in [-0.2, -0.15) is 0 Å². The molecule has 0 atom stereocenters. The highest BCUT2D eigenvalue weighted by Crippen LogP contribution is 2.38. The van der Waals surface area contributed by atoms with E-state index < -0.39 is 0 Å². The molecular formula is C8H3Br4N. The zero-order valence-corrected chi connectivity index (χ0v) is 12.5. The molecule has 0 unspecified atom stereocenters. The van der Waals surface area contributed by atoms with Crippen LogP contribution < -0.4 is 0 Å². The van der Waals surface area contributed by atoms with E-state index in [1.807, 2.05) is 6.07 Å². The minimum atomic E-state index is 0.960. The van der Waals surface area contributed by atoms with E-state index in [2.05, 4.69) is 74.8 Å². The molecule has 2 aromatic rings. The maximum Gasteiger partial charge on any atom is 0.0975 e. The zero-order chi connectivity index (χ0) is 9.59. The van der Waals surface area contributed by atoms with Crippen molar-refractivity contribution >= 4 is 74.6 Å². The van der Waals surface area contributed by atoms with Gasteiger partial charge in [-0.15, -0.1) is 0 Å². The van der Waals surface area contributed by atoms with Crippen LogP contribution in [-0.2, 0) is 0 Å². The molecule has 0 amide bonds. The van der Waals surface area contributed by atoms with Crippen molar-refractivity contribution in [1.82, 2.24) is 4.98 Å². The van der Waals surface area contributed by atoms with Crippen LogP contribution >= 0.6 is 63.7 Å². The molecule has 0 bridgehead atoms. The maximum absolute atomic E-state index is 3.51. The fourth-order valence-electron chi connectivity index (χ4n) is 1.14. The molecule has 1 N–H and O–H groups in total. The van der Waals surface area contributed by atoms with Gasteiger partial charge in [-0.25, -0.2) is 0 Å². The van der Waals surface area contributed by atoms with Crippen molar-refractivity contribution in [2.45, 2.75) is 0 Å². The molecule has 1 aromatic heterocycles. The molecule has 68 valence electrons. The van der Waals surface area contributed by atoms with Crippen molar-refractivity contribution in [3.8, 4) is 0 Å². The lowest BCUT2D eigenvalue weighted by atomic mass is 10.2. The fourth-order valence-corrected chi connectivity index (χ4v) is 2.76. The second-order valence-corrected chi connectivity index (χ2v) is 5.77. The van der Waals surface area contributed by atoms with Gasteiger partial charge in [-0.1, -0.05) is 6.07 Å². The third-order valence-corrected chi connectivity index (χ3v) is 5.73. The summed E-state index contributed by atoms with van der Waals surface area (Å²) in [5.41, 5.74) is 1.08. The molecule has 0 aliphatic rings. The van der Waals surface area contributed by atoms with Crippen LogP contribution in [0.5, 0.6) is 0 Å². The first kappa shape index (κ1) is 10.2. The van der Waals surface area contributed by atoms with Crippen molar-refractivity contribution in [3.63, 3.8) is 0 Å². The maximum atomic E-state index is 3.51. The van der Waals surface area contributed by atoms with Gasteiger partial charge in [-0.05, 0) is 69.8 Å². The highest BCUT2D eigenvalue weighted by molar-refractivity contribution is 9.13. The number of fused-ring (bicyclic) bond motifs is 1. The molecule has 1 nitrogen and oxygen atoms in total. The van der Waals surface area contributed by atoms with Crippen LogP contribution in [0.3, 0.4) is 0 Å². The Morgan fingerprint density at radius 3 is 2.31 bits per heavy atom. The summed E-state index contributed by atoms with van der Waals surface area (Å²) in [5.74, 6) is 0.